The van der Waals surface area contributed by atoms with E-state index in [2.05, 4.69) is 22.6 Å². The highest BCUT2D eigenvalue weighted by molar-refractivity contribution is 14.1. The maximum absolute atomic E-state index is 6.06. The molecule has 1 nitrogen and oxygen atoms in total. The SMILES string of the molecule is ClCc1ccc(Oc2ccc(I)cc2)cc1Cl. The van der Waals surface area contributed by atoms with Gasteiger partial charge in [-0.05, 0) is 64.6 Å². The Morgan fingerprint density at radius 1 is 1.00 bits per heavy atom. The third-order valence-electron chi connectivity index (χ3n) is 2.22. The van der Waals surface area contributed by atoms with E-state index in [-0.39, 0.29) is 0 Å². The molecule has 0 aliphatic rings. The molecule has 0 radical (unpaired) electrons. The predicted molar refractivity (Wildman–Crippen MR) is 80.2 cm³/mol. The summed E-state index contributed by atoms with van der Waals surface area (Å²) in [5, 5.41) is 0.628. The van der Waals surface area contributed by atoms with Crippen molar-refractivity contribution in [2.75, 3.05) is 0 Å². The molecule has 0 unspecified atom stereocenters. The van der Waals surface area contributed by atoms with Crippen LogP contribution in [0.5, 0.6) is 11.5 Å². The van der Waals surface area contributed by atoms with Crippen LogP contribution in [0.3, 0.4) is 0 Å². The van der Waals surface area contributed by atoms with Crippen molar-refractivity contribution in [3.63, 3.8) is 0 Å². The first-order valence-electron chi connectivity index (χ1n) is 4.97. The molecule has 0 saturated carbocycles. The summed E-state index contributed by atoms with van der Waals surface area (Å²) in [5.74, 6) is 1.91. The van der Waals surface area contributed by atoms with E-state index >= 15 is 0 Å². The molecule has 0 heterocycles. The summed E-state index contributed by atoms with van der Waals surface area (Å²) in [7, 11) is 0. The minimum absolute atomic E-state index is 0.405. The van der Waals surface area contributed by atoms with E-state index in [1.54, 1.807) is 6.07 Å². The molecule has 0 N–H and O–H groups in total. The summed E-state index contributed by atoms with van der Waals surface area (Å²) in [6, 6.07) is 13.3. The lowest BCUT2D eigenvalue weighted by atomic mass is 10.2. The molecule has 4 heteroatoms. The molecular weight excluding hydrogens is 370 g/mol. The van der Waals surface area contributed by atoms with E-state index < -0.39 is 0 Å². The first-order valence-corrected chi connectivity index (χ1v) is 6.96. The van der Waals surface area contributed by atoms with Crippen molar-refractivity contribution < 1.29 is 4.74 Å². The van der Waals surface area contributed by atoms with Crippen LogP contribution in [0.15, 0.2) is 42.5 Å². The monoisotopic (exact) mass is 378 g/mol. The van der Waals surface area contributed by atoms with Gasteiger partial charge in [0, 0.05) is 14.5 Å². The summed E-state index contributed by atoms with van der Waals surface area (Å²) < 4.78 is 6.85. The lowest BCUT2D eigenvalue weighted by Gasteiger charge is -2.07. The minimum atomic E-state index is 0.405. The number of halogens is 3. The largest absolute Gasteiger partial charge is 0.457 e. The van der Waals surface area contributed by atoms with Gasteiger partial charge < -0.3 is 4.74 Å². The van der Waals surface area contributed by atoms with Crippen molar-refractivity contribution in [3.05, 3.63) is 56.6 Å². The highest BCUT2D eigenvalue weighted by Crippen LogP contribution is 2.27. The fraction of sp³-hybridized carbons (Fsp3) is 0.0769. The molecule has 88 valence electrons. The van der Waals surface area contributed by atoms with Gasteiger partial charge in [-0.15, -0.1) is 11.6 Å². The van der Waals surface area contributed by atoms with Gasteiger partial charge in [-0.2, -0.15) is 0 Å². The van der Waals surface area contributed by atoms with Crippen LogP contribution in [0.1, 0.15) is 5.56 Å². The zero-order chi connectivity index (χ0) is 12.3. The zero-order valence-electron chi connectivity index (χ0n) is 8.79. The highest BCUT2D eigenvalue weighted by atomic mass is 127. The zero-order valence-corrected chi connectivity index (χ0v) is 12.5. The van der Waals surface area contributed by atoms with E-state index in [1.165, 1.54) is 3.57 Å². The molecule has 2 rings (SSSR count). The fourth-order valence-electron chi connectivity index (χ4n) is 1.34. The number of hydrogen-bond acceptors (Lipinski definition) is 1. The van der Waals surface area contributed by atoms with Crippen LogP contribution >= 0.6 is 45.8 Å². The third-order valence-corrected chi connectivity index (χ3v) is 3.58. The first-order chi connectivity index (χ1) is 8.19. The topological polar surface area (TPSA) is 9.23 Å². The van der Waals surface area contributed by atoms with Gasteiger partial charge in [-0.1, -0.05) is 17.7 Å². The Morgan fingerprint density at radius 3 is 2.24 bits per heavy atom. The summed E-state index contributed by atoms with van der Waals surface area (Å²) in [4.78, 5) is 0. The van der Waals surface area contributed by atoms with Crippen molar-refractivity contribution in [2.45, 2.75) is 5.88 Å². The number of hydrogen-bond donors (Lipinski definition) is 0. The average Bonchev–Trinajstić information content (AvgIpc) is 2.32. The summed E-state index contributed by atoms with van der Waals surface area (Å²) in [5.41, 5.74) is 0.906. The molecule has 0 atom stereocenters. The second-order valence-corrected chi connectivity index (χ2v) is 5.36. The molecule has 0 aliphatic heterocycles. The Labute approximate surface area is 124 Å². The number of rotatable bonds is 3. The minimum Gasteiger partial charge on any atom is -0.457 e. The lowest BCUT2D eigenvalue weighted by Crippen LogP contribution is -1.86. The summed E-state index contributed by atoms with van der Waals surface area (Å²) in [6.45, 7) is 0. The molecule has 2 aromatic carbocycles. The lowest BCUT2D eigenvalue weighted by molar-refractivity contribution is 0.482. The number of benzene rings is 2. The smallest absolute Gasteiger partial charge is 0.128 e. The molecule has 0 bridgehead atoms. The molecule has 0 amide bonds. The summed E-state index contributed by atoms with van der Waals surface area (Å²) >= 11 is 14.0. The number of ether oxygens (including phenoxy) is 1. The Hall–Kier alpha value is -0.450. The van der Waals surface area contributed by atoms with Crippen LogP contribution in [0.2, 0.25) is 5.02 Å². The maximum Gasteiger partial charge on any atom is 0.128 e. The van der Waals surface area contributed by atoms with E-state index in [0.29, 0.717) is 16.7 Å². The first kappa shape index (κ1) is 13.0. The van der Waals surface area contributed by atoms with Gasteiger partial charge in [0.1, 0.15) is 11.5 Å². The van der Waals surface area contributed by atoms with Crippen molar-refractivity contribution >= 4 is 45.8 Å². The predicted octanol–water partition coefficient (Wildman–Crippen LogP) is 5.48. The van der Waals surface area contributed by atoms with Crippen LogP contribution in [0.25, 0.3) is 0 Å². The normalized spacial score (nSPS) is 10.3. The second kappa shape index (κ2) is 5.94. The van der Waals surface area contributed by atoms with Crippen LogP contribution in [0, 0.1) is 3.57 Å². The maximum atomic E-state index is 6.06. The summed E-state index contributed by atoms with van der Waals surface area (Å²) in [6.07, 6.45) is 0. The molecule has 0 fully saturated rings. The Kier molecular flexibility index (Phi) is 4.54. The molecule has 0 aromatic heterocycles. The molecular formula is C13H9Cl2IO. The average molecular weight is 379 g/mol. The molecule has 2 aromatic rings. The van der Waals surface area contributed by atoms with Crippen LogP contribution in [0.4, 0.5) is 0 Å². The molecule has 0 aliphatic carbocycles. The van der Waals surface area contributed by atoms with Gasteiger partial charge in [-0.3, -0.25) is 0 Å². The van der Waals surface area contributed by atoms with Crippen molar-refractivity contribution in [3.8, 4) is 11.5 Å². The van der Waals surface area contributed by atoms with E-state index in [0.717, 1.165) is 11.3 Å². The second-order valence-electron chi connectivity index (χ2n) is 3.44. The van der Waals surface area contributed by atoms with E-state index in [4.69, 9.17) is 27.9 Å². The Balaban J connectivity index is 2.19. The quantitative estimate of drug-likeness (QED) is 0.507. The third kappa shape index (κ3) is 3.50. The standard InChI is InChI=1S/C13H9Cl2IO/c14-8-9-1-4-12(7-13(9)15)17-11-5-2-10(16)3-6-11/h1-7H,8H2. The Bertz CT molecular complexity index is 511. The van der Waals surface area contributed by atoms with Gasteiger partial charge in [0.25, 0.3) is 0 Å². The number of alkyl halides is 1. The molecule has 0 saturated heterocycles. The fourth-order valence-corrected chi connectivity index (χ4v) is 2.24. The Morgan fingerprint density at radius 2 is 1.65 bits per heavy atom. The van der Waals surface area contributed by atoms with E-state index in [9.17, 15) is 0 Å². The van der Waals surface area contributed by atoms with Gasteiger partial charge in [0.2, 0.25) is 0 Å². The van der Waals surface area contributed by atoms with Crippen LogP contribution in [-0.2, 0) is 5.88 Å². The van der Waals surface area contributed by atoms with Crippen molar-refractivity contribution in [2.24, 2.45) is 0 Å². The highest BCUT2D eigenvalue weighted by Gasteiger charge is 2.02. The van der Waals surface area contributed by atoms with E-state index in [1.807, 2.05) is 36.4 Å². The van der Waals surface area contributed by atoms with Gasteiger partial charge in [-0.25, -0.2) is 0 Å². The molecule has 0 spiro atoms. The van der Waals surface area contributed by atoms with Gasteiger partial charge >= 0.3 is 0 Å². The van der Waals surface area contributed by atoms with Crippen molar-refractivity contribution in [1.82, 2.24) is 0 Å². The van der Waals surface area contributed by atoms with Gasteiger partial charge in [0.15, 0.2) is 0 Å². The van der Waals surface area contributed by atoms with Gasteiger partial charge in [0.05, 0.1) is 0 Å². The van der Waals surface area contributed by atoms with Crippen LogP contribution < -0.4 is 4.74 Å². The molecule has 17 heavy (non-hydrogen) atoms. The van der Waals surface area contributed by atoms with Crippen molar-refractivity contribution in [1.29, 1.82) is 0 Å². The van der Waals surface area contributed by atoms with Crippen LogP contribution in [-0.4, -0.2) is 0 Å².